The predicted molar refractivity (Wildman–Crippen MR) is 94.8 cm³/mol. The Bertz CT molecular complexity index is 775. The van der Waals surface area contributed by atoms with Crippen molar-refractivity contribution in [1.29, 1.82) is 0 Å². The van der Waals surface area contributed by atoms with E-state index < -0.39 is 0 Å². The predicted octanol–water partition coefficient (Wildman–Crippen LogP) is 2.50. The minimum absolute atomic E-state index is 0.0256. The van der Waals surface area contributed by atoms with Crippen molar-refractivity contribution < 1.29 is 9.59 Å². The van der Waals surface area contributed by atoms with E-state index in [9.17, 15) is 9.59 Å². The molecule has 1 heterocycles. The highest BCUT2D eigenvalue weighted by Crippen LogP contribution is 2.24. The van der Waals surface area contributed by atoms with Gasteiger partial charge in [0.05, 0.1) is 12.2 Å². The molecule has 0 spiro atoms. The van der Waals surface area contributed by atoms with E-state index in [1.165, 1.54) is 0 Å². The number of hydrazine groups is 1. The lowest BCUT2D eigenvalue weighted by Gasteiger charge is -2.12. The quantitative estimate of drug-likeness (QED) is 0.840. The summed E-state index contributed by atoms with van der Waals surface area (Å²) in [6, 6.07) is 9.39. The van der Waals surface area contributed by atoms with E-state index in [0.29, 0.717) is 12.1 Å². The molecule has 1 saturated carbocycles. The van der Waals surface area contributed by atoms with Crippen molar-refractivity contribution in [3.05, 3.63) is 52.8 Å². The smallest absolute Gasteiger partial charge is 0.269 e. The Balaban J connectivity index is 1.61. The van der Waals surface area contributed by atoms with Gasteiger partial charge in [0.2, 0.25) is 5.91 Å². The molecule has 6 heteroatoms. The molecule has 6 nitrogen and oxygen atoms in total. The van der Waals surface area contributed by atoms with Crippen molar-refractivity contribution in [2.45, 2.75) is 46.1 Å². The zero-order chi connectivity index (χ0) is 17.8. The number of nitrogens with one attached hydrogen (secondary N) is 2. The van der Waals surface area contributed by atoms with Crippen LogP contribution in [0.4, 0.5) is 0 Å². The van der Waals surface area contributed by atoms with E-state index in [2.05, 4.69) is 16.0 Å². The molecule has 0 aliphatic heterocycles. The Morgan fingerprint density at radius 1 is 1.16 bits per heavy atom. The van der Waals surface area contributed by atoms with Gasteiger partial charge in [0, 0.05) is 17.2 Å². The third-order valence-electron chi connectivity index (χ3n) is 4.65. The Kier molecular flexibility index (Phi) is 5.16. The molecule has 1 aliphatic carbocycles. The zero-order valence-electron chi connectivity index (χ0n) is 14.7. The van der Waals surface area contributed by atoms with Crippen LogP contribution in [0.1, 0.15) is 53.0 Å². The molecule has 2 aromatic rings. The van der Waals surface area contributed by atoms with Crippen LogP contribution in [-0.2, 0) is 11.3 Å². The standard InChI is InChI=1S/C19H24N4O2/c1-13-10-14(2)23(22-13)12-15-6-5-9-17(11-15)19(25)21-20-18(24)16-7-3-4-8-16/h5-6,9-11,16H,3-4,7-8,12H2,1-2H3,(H,20,24)(H,21,25). The van der Waals surface area contributed by atoms with Gasteiger partial charge in [0.15, 0.2) is 0 Å². The van der Waals surface area contributed by atoms with Crippen molar-refractivity contribution >= 4 is 11.8 Å². The van der Waals surface area contributed by atoms with Crippen LogP contribution in [0.25, 0.3) is 0 Å². The first-order chi connectivity index (χ1) is 12.0. The molecule has 1 aromatic carbocycles. The zero-order valence-corrected chi connectivity index (χ0v) is 14.7. The molecular formula is C19H24N4O2. The maximum atomic E-state index is 12.3. The summed E-state index contributed by atoms with van der Waals surface area (Å²) in [5.74, 6) is -0.371. The van der Waals surface area contributed by atoms with Crippen LogP contribution in [-0.4, -0.2) is 21.6 Å². The topological polar surface area (TPSA) is 76.0 Å². The maximum absolute atomic E-state index is 12.3. The number of carbonyl (C=O) groups is 2. The summed E-state index contributed by atoms with van der Waals surface area (Å²) in [5, 5.41) is 4.44. The largest absolute Gasteiger partial charge is 0.273 e. The normalized spacial score (nSPS) is 14.5. The summed E-state index contributed by atoms with van der Waals surface area (Å²) in [6.07, 6.45) is 3.97. The molecule has 0 unspecified atom stereocenters. The van der Waals surface area contributed by atoms with Crippen LogP contribution in [0.3, 0.4) is 0 Å². The van der Waals surface area contributed by atoms with E-state index in [1.807, 2.05) is 42.8 Å². The first-order valence-corrected chi connectivity index (χ1v) is 8.73. The first-order valence-electron chi connectivity index (χ1n) is 8.73. The van der Waals surface area contributed by atoms with Gasteiger partial charge in [-0.15, -0.1) is 0 Å². The third kappa shape index (κ3) is 4.26. The highest BCUT2D eigenvalue weighted by Gasteiger charge is 2.22. The lowest BCUT2D eigenvalue weighted by atomic mass is 10.1. The number of rotatable bonds is 4. The van der Waals surface area contributed by atoms with E-state index >= 15 is 0 Å². The summed E-state index contributed by atoms with van der Waals surface area (Å²) in [5.41, 5.74) is 8.63. The number of nitrogens with zero attached hydrogens (tertiary/aromatic N) is 2. The number of amides is 2. The lowest BCUT2D eigenvalue weighted by Crippen LogP contribution is -2.44. The molecule has 0 bridgehead atoms. The van der Waals surface area contributed by atoms with Crippen molar-refractivity contribution in [3.63, 3.8) is 0 Å². The van der Waals surface area contributed by atoms with Gasteiger partial charge in [-0.1, -0.05) is 25.0 Å². The number of carbonyl (C=O) groups excluding carboxylic acids is 2. The number of aryl methyl sites for hydroxylation is 2. The number of aromatic nitrogens is 2. The molecule has 25 heavy (non-hydrogen) atoms. The van der Waals surface area contributed by atoms with Crippen LogP contribution >= 0.6 is 0 Å². The summed E-state index contributed by atoms with van der Waals surface area (Å²) >= 11 is 0. The number of benzene rings is 1. The molecule has 0 atom stereocenters. The Hall–Kier alpha value is -2.63. The molecule has 2 amide bonds. The molecule has 2 N–H and O–H groups in total. The second-order valence-electron chi connectivity index (χ2n) is 6.71. The highest BCUT2D eigenvalue weighted by molar-refractivity contribution is 5.95. The fraction of sp³-hybridized carbons (Fsp3) is 0.421. The minimum atomic E-state index is -0.304. The molecule has 1 aliphatic rings. The van der Waals surface area contributed by atoms with Gasteiger partial charge in [-0.3, -0.25) is 25.1 Å². The van der Waals surface area contributed by atoms with Crippen molar-refractivity contribution in [2.24, 2.45) is 5.92 Å². The fourth-order valence-corrected chi connectivity index (χ4v) is 3.30. The van der Waals surface area contributed by atoms with Gasteiger partial charge in [-0.2, -0.15) is 5.10 Å². The summed E-state index contributed by atoms with van der Waals surface area (Å²) in [7, 11) is 0. The van der Waals surface area contributed by atoms with Crippen LogP contribution in [0, 0.1) is 19.8 Å². The van der Waals surface area contributed by atoms with Gasteiger partial charge in [0.25, 0.3) is 5.91 Å². The fourth-order valence-electron chi connectivity index (χ4n) is 3.30. The van der Waals surface area contributed by atoms with Gasteiger partial charge < -0.3 is 0 Å². The maximum Gasteiger partial charge on any atom is 0.269 e. The van der Waals surface area contributed by atoms with Gasteiger partial charge >= 0.3 is 0 Å². The second-order valence-corrected chi connectivity index (χ2v) is 6.71. The molecule has 3 rings (SSSR count). The molecule has 0 saturated heterocycles. The monoisotopic (exact) mass is 340 g/mol. The van der Waals surface area contributed by atoms with Crippen molar-refractivity contribution in [3.8, 4) is 0 Å². The van der Waals surface area contributed by atoms with Gasteiger partial charge in [0.1, 0.15) is 0 Å². The van der Waals surface area contributed by atoms with Gasteiger partial charge in [-0.25, -0.2) is 0 Å². The Morgan fingerprint density at radius 2 is 1.92 bits per heavy atom. The van der Waals surface area contributed by atoms with Crippen LogP contribution in [0.15, 0.2) is 30.3 Å². The average molecular weight is 340 g/mol. The molecule has 1 aromatic heterocycles. The summed E-state index contributed by atoms with van der Waals surface area (Å²) in [4.78, 5) is 24.3. The summed E-state index contributed by atoms with van der Waals surface area (Å²) in [6.45, 7) is 4.57. The van der Waals surface area contributed by atoms with Crippen LogP contribution < -0.4 is 10.9 Å². The van der Waals surface area contributed by atoms with Crippen molar-refractivity contribution in [2.75, 3.05) is 0 Å². The first kappa shape index (κ1) is 17.2. The van der Waals surface area contributed by atoms with E-state index in [-0.39, 0.29) is 17.7 Å². The van der Waals surface area contributed by atoms with Gasteiger partial charge in [-0.05, 0) is 50.5 Å². The summed E-state index contributed by atoms with van der Waals surface area (Å²) < 4.78 is 1.91. The molecule has 1 fully saturated rings. The Labute approximate surface area is 147 Å². The third-order valence-corrected chi connectivity index (χ3v) is 4.65. The van der Waals surface area contributed by atoms with Crippen molar-refractivity contribution in [1.82, 2.24) is 20.6 Å². The van der Waals surface area contributed by atoms with E-state index in [0.717, 1.165) is 42.6 Å². The molecule has 132 valence electrons. The van der Waals surface area contributed by atoms with Crippen LogP contribution in [0.5, 0.6) is 0 Å². The minimum Gasteiger partial charge on any atom is -0.273 e. The number of hydrogen-bond donors (Lipinski definition) is 2. The Morgan fingerprint density at radius 3 is 2.60 bits per heavy atom. The molecule has 0 radical (unpaired) electrons. The SMILES string of the molecule is Cc1cc(C)n(Cc2cccc(C(=O)NNC(=O)C3CCCC3)c2)n1. The lowest BCUT2D eigenvalue weighted by molar-refractivity contribution is -0.125. The second kappa shape index (κ2) is 7.51. The average Bonchev–Trinajstić information content (AvgIpc) is 3.23. The molecular weight excluding hydrogens is 316 g/mol. The van der Waals surface area contributed by atoms with E-state index in [4.69, 9.17) is 0 Å². The highest BCUT2D eigenvalue weighted by atomic mass is 16.2. The number of hydrogen-bond acceptors (Lipinski definition) is 3. The van der Waals surface area contributed by atoms with Crippen LogP contribution in [0.2, 0.25) is 0 Å². The van der Waals surface area contributed by atoms with E-state index in [1.54, 1.807) is 6.07 Å².